The molecule has 2 heterocycles. The number of hydrogen-bond acceptors (Lipinski definition) is 8. The lowest BCUT2D eigenvalue weighted by Gasteiger charge is -2.42. The summed E-state index contributed by atoms with van der Waals surface area (Å²) in [5.74, 6) is -2.73. The van der Waals surface area contributed by atoms with Crippen molar-refractivity contribution < 1.29 is 37.1 Å². The fourth-order valence-electron chi connectivity index (χ4n) is 7.95. The minimum absolute atomic E-state index is 0.0440. The predicted octanol–water partition coefficient (Wildman–Crippen LogP) is 2.20. The lowest BCUT2D eigenvalue weighted by atomic mass is 9.82. The number of carbonyl (C=O) groups excluding carboxylic acids is 5. The van der Waals surface area contributed by atoms with E-state index in [0.717, 1.165) is 25.7 Å². The molecule has 2 saturated heterocycles. The Morgan fingerprint density at radius 3 is 2.29 bits per heavy atom. The summed E-state index contributed by atoms with van der Waals surface area (Å²) in [6.07, 6.45) is 6.36. The molecule has 0 spiro atoms. The Bertz CT molecular complexity index is 1380. The van der Waals surface area contributed by atoms with Gasteiger partial charge in [-0.05, 0) is 41.9 Å². The van der Waals surface area contributed by atoms with Gasteiger partial charge in [0, 0.05) is 13.1 Å². The number of likely N-dealkylation sites (tertiary alicyclic amines) is 1. The second-order valence-electron chi connectivity index (χ2n) is 15.6. The minimum atomic E-state index is -3.58. The van der Waals surface area contributed by atoms with E-state index in [4.69, 9.17) is 4.74 Å². The molecule has 0 radical (unpaired) electrons. The number of amides is 5. The Balaban J connectivity index is 1.55. The van der Waals surface area contributed by atoms with Crippen LogP contribution in [-0.4, -0.2) is 97.4 Å². The third-order valence-electron chi connectivity index (χ3n) is 10.8. The van der Waals surface area contributed by atoms with Crippen LogP contribution in [0.15, 0.2) is 12.7 Å². The molecule has 13 nitrogen and oxygen atoms in total. The van der Waals surface area contributed by atoms with E-state index in [9.17, 15) is 32.4 Å². The van der Waals surface area contributed by atoms with Crippen LogP contribution in [-0.2, 0) is 33.8 Å². The molecule has 4 fully saturated rings. The lowest BCUT2D eigenvalue weighted by Crippen LogP contribution is -2.65. The summed E-state index contributed by atoms with van der Waals surface area (Å²) in [6, 6.07) is -3.68. The van der Waals surface area contributed by atoms with Gasteiger partial charge in [0.1, 0.15) is 12.1 Å². The molecule has 4 aliphatic rings. The molecule has 0 aromatic rings. The molecule has 4 N–H and O–H groups in total. The second-order valence-corrected chi connectivity index (χ2v) is 17.8. The molecular weight excluding hydrogens is 638 g/mol. The zero-order valence-corrected chi connectivity index (χ0v) is 30.2. The molecule has 0 unspecified atom stereocenters. The number of fused-ring (bicyclic) bond motifs is 1. The van der Waals surface area contributed by atoms with Crippen LogP contribution in [0.2, 0.25) is 0 Å². The number of sulfone groups is 1. The van der Waals surface area contributed by atoms with Crippen molar-refractivity contribution in [3.63, 3.8) is 0 Å². The molecule has 2 saturated carbocycles. The van der Waals surface area contributed by atoms with E-state index >= 15 is 0 Å². The minimum Gasteiger partial charge on any atom is -0.359 e. The van der Waals surface area contributed by atoms with Crippen molar-refractivity contribution in [1.82, 2.24) is 26.2 Å². The number of carbonyl (C=O) groups is 5. The summed E-state index contributed by atoms with van der Waals surface area (Å²) >= 11 is 0. The smallest absolute Gasteiger partial charge is 0.316 e. The summed E-state index contributed by atoms with van der Waals surface area (Å²) in [4.78, 5) is 69.3. The van der Waals surface area contributed by atoms with Gasteiger partial charge in [0.05, 0.1) is 23.9 Å². The number of piperidine rings is 1. The fraction of sp³-hybridized carbons (Fsp3) is 0.794. The maximum absolute atomic E-state index is 14.4. The molecule has 48 heavy (non-hydrogen) atoms. The molecule has 6 atom stereocenters. The third-order valence-corrected chi connectivity index (χ3v) is 12.8. The van der Waals surface area contributed by atoms with Crippen molar-refractivity contribution in [1.29, 1.82) is 0 Å². The van der Waals surface area contributed by atoms with E-state index in [-0.39, 0.29) is 42.6 Å². The van der Waals surface area contributed by atoms with Crippen molar-refractivity contribution in [2.45, 2.75) is 122 Å². The highest BCUT2D eigenvalue weighted by Gasteiger charge is 2.70. The number of nitrogens with zero attached hydrogens (tertiary/aromatic N) is 1. The van der Waals surface area contributed by atoms with Crippen LogP contribution in [0.1, 0.15) is 92.9 Å². The SMILES string of the molecule is C=CCNC(=O)C(=O)[C@H](CCCC)NC(=O)[C@@H]1[C@@H]2[C@H](CN1C(=O)[C@@H](NC(=O)NC1([C@H]3OCCS3(=O)=O)CCCCC1)C(C)(C)C)C2(C)C. The number of rotatable bonds is 13. The van der Waals surface area contributed by atoms with Gasteiger partial charge >= 0.3 is 6.03 Å². The Hall–Kier alpha value is -3.00. The maximum atomic E-state index is 14.4. The quantitative estimate of drug-likeness (QED) is 0.167. The summed E-state index contributed by atoms with van der Waals surface area (Å²) in [6.45, 7) is 15.5. The Labute approximate surface area is 285 Å². The van der Waals surface area contributed by atoms with E-state index < -0.39 is 73.9 Å². The fourth-order valence-corrected chi connectivity index (χ4v) is 9.78. The van der Waals surface area contributed by atoms with Gasteiger partial charge in [0.25, 0.3) is 5.91 Å². The number of ketones is 1. The highest BCUT2D eigenvalue weighted by molar-refractivity contribution is 7.92. The normalized spacial score (nSPS) is 27.9. The summed E-state index contributed by atoms with van der Waals surface area (Å²) < 4.78 is 31.5. The maximum Gasteiger partial charge on any atom is 0.316 e. The number of nitrogens with one attached hydrogen (secondary N) is 4. The Morgan fingerprint density at radius 1 is 1.06 bits per heavy atom. The predicted molar refractivity (Wildman–Crippen MR) is 180 cm³/mol. The van der Waals surface area contributed by atoms with Crippen molar-refractivity contribution >= 4 is 39.4 Å². The van der Waals surface area contributed by atoms with Gasteiger partial charge in [0.2, 0.25) is 17.6 Å². The molecule has 4 rings (SSSR count). The zero-order valence-electron chi connectivity index (χ0n) is 29.4. The topological polar surface area (TPSA) is 180 Å². The van der Waals surface area contributed by atoms with Crippen molar-refractivity contribution in [2.75, 3.05) is 25.4 Å². The molecule has 0 bridgehead atoms. The largest absolute Gasteiger partial charge is 0.359 e. The summed E-state index contributed by atoms with van der Waals surface area (Å²) in [5.41, 5.74) is -3.26. The van der Waals surface area contributed by atoms with Gasteiger partial charge in [-0.3, -0.25) is 19.2 Å². The molecular formula is C34H55N5O8S. The van der Waals surface area contributed by atoms with Gasteiger partial charge in [-0.1, -0.05) is 79.7 Å². The van der Waals surface area contributed by atoms with Crippen LogP contribution < -0.4 is 21.3 Å². The summed E-state index contributed by atoms with van der Waals surface area (Å²) in [7, 11) is -3.58. The molecule has 270 valence electrons. The van der Waals surface area contributed by atoms with Gasteiger partial charge in [0.15, 0.2) is 15.3 Å². The van der Waals surface area contributed by atoms with Crippen LogP contribution in [0, 0.1) is 22.7 Å². The van der Waals surface area contributed by atoms with Gasteiger partial charge < -0.3 is 30.9 Å². The number of hydrogen-bond donors (Lipinski definition) is 4. The standard InChI is InChI=1S/C34H55N5O8S/c1-8-10-14-22(25(40)28(42)35-17-9-2)36-27(41)24-23-21(33(23,6)7)20-39(24)29(43)26(32(3,4)5)37-31(44)38-34(15-12-11-13-16-34)30-47-18-19-48(30,45)46/h9,21-24,26,30H,2,8,10-20H2,1,3-7H3,(H,35,42)(H,36,41)(H2,37,38,44)/t21-,22-,23-,24-,26+,30-/m0/s1. The van der Waals surface area contributed by atoms with Crippen molar-refractivity contribution in [3.05, 3.63) is 12.7 Å². The first kappa shape index (κ1) is 37.8. The number of urea groups is 1. The monoisotopic (exact) mass is 693 g/mol. The third kappa shape index (κ3) is 7.74. The number of Topliss-reactive ketones (excluding diaryl/α,β-unsaturated/α-hetero) is 1. The first-order valence-corrected chi connectivity index (χ1v) is 19.1. The highest BCUT2D eigenvalue weighted by Crippen LogP contribution is 2.65. The van der Waals surface area contributed by atoms with Crippen molar-refractivity contribution in [3.8, 4) is 0 Å². The molecule has 5 amide bonds. The van der Waals surface area contributed by atoms with E-state index in [1.54, 1.807) is 0 Å². The van der Waals surface area contributed by atoms with E-state index in [1.165, 1.54) is 11.0 Å². The lowest BCUT2D eigenvalue weighted by molar-refractivity contribution is -0.145. The average Bonchev–Trinajstić information content (AvgIpc) is 3.33. The number of ether oxygens (including phenoxy) is 1. The first-order valence-electron chi connectivity index (χ1n) is 17.4. The highest BCUT2D eigenvalue weighted by atomic mass is 32.2. The Kier molecular flexibility index (Phi) is 11.4. The van der Waals surface area contributed by atoms with Crippen LogP contribution in [0.25, 0.3) is 0 Å². The van der Waals surface area contributed by atoms with Crippen LogP contribution in [0.4, 0.5) is 4.79 Å². The van der Waals surface area contributed by atoms with Gasteiger partial charge in [-0.2, -0.15) is 0 Å². The van der Waals surface area contributed by atoms with Crippen molar-refractivity contribution in [2.24, 2.45) is 22.7 Å². The Morgan fingerprint density at radius 2 is 1.73 bits per heavy atom. The molecule has 0 aromatic carbocycles. The number of unbranched alkanes of at least 4 members (excludes halogenated alkanes) is 1. The molecule has 2 aliphatic heterocycles. The van der Waals surface area contributed by atoms with Gasteiger partial charge in [-0.25, -0.2) is 13.2 Å². The summed E-state index contributed by atoms with van der Waals surface area (Å²) in [5, 5.41) is 11.1. The molecule has 0 aromatic heterocycles. The van der Waals surface area contributed by atoms with Crippen LogP contribution >= 0.6 is 0 Å². The van der Waals surface area contributed by atoms with Crippen LogP contribution in [0.3, 0.4) is 0 Å². The molecule has 2 aliphatic carbocycles. The average molecular weight is 694 g/mol. The zero-order chi connectivity index (χ0) is 35.7. The van der Waals surface area contributed by atoms with Crippen LogP contribution in [0.5, 0.6) is 0 Å². The first-order chi connectivity index (χ1) is 22.4. The van der Waals surface area contributed by atoms with E-state index in [1.807, 2.05) is 41.5 Å². The second kappa shape index (κ2) is 14.5. The van der Waals surface area contributed by atoms with E-state index in [0.29, 0.717) is 25.8 Å². The van der Waals surface area contributed by atoms with E-state index in [2.05, 4.69) is 27.8 Å². The van der Waals surface area contributed by atoms with Gasteiger partial charge in [-0.15, -0.1) is 6.58 Å². The molecule has 14 heteroatoms.